The van der Waals surface area contributed by atoms with Gasteiger partial charge in [0, 0.05) is 6.26 Å². The summed E-state index contributed by atoms with van der Waals surface area (Å²) in [7, 11) is -3.32. The largest absolute Gasteiger partial charge is 0.342 e. The highest BCUT2D eigenvalue weighted by atomic mass is 32.2. The van der Waals surface area contributed by atoms with Crippen molar-refractivity contribution in [3.63, 3.8) is 0 Å². The zero-order valence-electron chi connectivity index (χ0n) is 13.8. The number of sulfone groups is 1. The van der Waals surface area contributed by atoms with E-state index in [1.54, 1.807) is 24.3 Å². The Morgan fingerprint density at radius 3 is 2.38 bits per heavy atom. The van der Waals surface area contributed by atoms with Crippen molar-refractivity contribution >= 4 is 15.7 Å². The van der Waals surface area contributed by atoms with Gasteiger partial charge in [0.1, 0.15) is 0 Å². The van der Waals surface area contributed by atoms with Gasteiger partial charge in [-0.2, -0.15) is 0 Å². The van der Waals surface area contributed by atoms with Gasteiger partial charge < -0.3 is 5.32 Å². The summed E-state index contributed by atoms with van der Waals surface area (Å²) in [6.07, 6.45) is 3.29. The molecule has 1 atom stereocenters. The van der Waals surface area contributed by atoms with Crippen molar-refractivity contribution in [3.05, 3.63) is 77.9 Å². The van der Waals surface area contributed by atoms with Crippen molar-refractivity contribution in [2.75, 3.05) is 6.26 Å². The number of carbonyl (C=O) groups excluding carboxylic acids is 1. The van der Waals surface area contributed by atoms with Gasteiger partial charge >= 0.3 is 0 Å². The van der Waals surface area contributed by atoms with Crippen LogP contribution in [0, 0.1) is 0 Å². The minimum Gasteiger partial charge on any atom is -0.342 e. The van der Waals surface area contributed by atoms with Crippen LogP contribution in [0.4, 0.5) is 0 Å². The third kappa shape index (κ3) is 4.32. The molecule has 2 aromatic rings. The number of hydrogen-bond acceptors (Lipinski definition) is 3. The van der Waals surface area contributed by atoms with Crippen LogP contribution in [0.15, 0.2) is 66.1 Å². The molecule has 5 heteroatoms. The molecule has 0 saturated carbocycles. The van der Waals surface area contributed by atoms with Gasteiger partial charge in [-0.1, -0.05) is 49.9 Å². The molecule has 1 N–H and O–H groups in total. The van der Waals surface area contributed by atoms with Crippen molar-refractivity contribution in [2.24, 2.45) is 0 Å². The highest BCUT2D eigenvalue weighted by Crippen LogP contribution is 2.25. The van der Waals surface area contributed by atoms with Crippen molar-refractivity contribution < 1.29 is 13.2 Å². The maximum Gasteiger partial charge on any atom is 0.244 e. The van der Waals surface area contributed by atoms with Gasteiger partial charge in [0.25, 0.3) is 0 Å². The lowest BCUT2D eigenvalue weighted by atomic mass is 9.97. The predicted octanol–water partition coefficient (Wildman–Crippen LogP) is 3.04. The molecule has 24 heavy (non-hydrogen) atoms. The average Bonchev–Trinajstić information content (AvgIpc) is 2.59. The normalized spacial score (nSPS) is 12.4. The Balaban J connectivity index is 2.49. The summed E-state index contributed by atoms with van der Waals surface area (Å²) < 4.78 is 23.6. The van der Waals surface area contributed by atoms with Gasteiger partial charge in [0.15, 0.2) is 9.84 Å². The number of carbonyl (C=O) groups is 1. The van der Waals surface area contributed by atoms with Crippen molar-refractivity contribution in [2.45, 2.75) is 24.3 Å². The van der Waals surface area contributed by atoms with E-state index in [1.165, 1.54) is 17.9 Å². The van der Waals surface area contributed by atoms with E-state index in [9.17, 15) is 13.2 Å². The lowest BCUT2D eigenvalue weighted by molar-refractivity contribution is -0.116. The molecule has 1 amide bonds. The SMILES string of the molecule is C=CC(=O)NC(c1ccc(CC)cc1)c1cccc(S(C)(=O)=O)c1. The Bertz CT molecular complexity index is 839. The molecule has 0 heterocycles. The van der Waals surface area contributed by atoms with Gasteiger partial charge in [-0.3, -0.25) is 4.79 Å². The molecular weight excluding hydrogens is 322 g/mol. The summed E-state index contributed by atoms with van der Waals surface area (Å²) in [6.45, 7) is 5.55. The average molecular weight is 343 g/mol. The number of rotatable bonds is 6. The first kappa shape index (κ1) is 17.9. The van der Waals surface area contributed by atoms with E-state index < -0.39 is 15.9 Å². The number of aryl methyl sites for hydroxylation is 1. The molecule has 1 unspecified atom stereocenters. The summed E-state index contributed by atoms with van der Waals surface area (Å²) in [5, 5.41) is 2.86. The fraction of sp³-hybridized carbons (Fsp3) is 0.211. The van der Waals surface area contributed by atoms with Gasteiger partial charge in [-0.15, -0.1) is 0 Å². The van der Waals surface area contributed by atoms with Crippen LogP contribution in [-0.2, 0) is 21.1 Å². The second-order valence-electron chi connectivity index (χ2n) is 5.59. The molecule has 2 aromatic carbocycles. The van der Waals surface area contributed by atoms with E-state index in [2.05, 4.69) is 18.8 Å². The number of amides is 1. The predicted molar refractivity (Wildman–Crippen MR) is 95.6 cm³/mol. The highest BCUT2D eigenvalue weighted by Gasteiger charge is 2.18. The lowest BCUT2D eigenvalue weighted by Crippen LogP contribution is -2.27. The van der Waals surface area contributed by atoms with Crippen LogP contribution in [0.2, 0.25) is 0 Å². The Hall–Kier alpha value is -2.40. The van der Waals surface area contributed by atoms with Crippen molar-refractivity contribution in [1.29, 1.82) is 0 Å². The van der Waals surface area contributed by atoms with Crippen LogP contribution in [0.3, 0.4) is 0 Å². The minimum atomic E-state index is -3.32. The number of nitrogens with one attached hydrogen (secondary N) is 1. The van der Waals surface area contributed by atoms with Crippen LogP contribution in [0.1, 0.15) is 29.7 Å². The monoisotopic (exact) mass is 343 g/mol. The van der Waals surface area contributed by atoms with Gasteiger partial charge in [0.05, 0.1) is 10.9 Å². The van der Waals surface area contributed by atoms with Crippen LogP contribution in [-0.4, -0.2) is 20.6 Å². The molecule has 0 aliphatic heterocycles. The topological polar surface area (TPSA) is 63.2 Å². The van der Waals surface area contributed by atoms with Crippen LogP contribution >= 0.6 is 0 Å². The van der Waals surface area contributed by atoms with E-state index in [1.807, 2.05) is 24.3 Å². The summed E-state index contributed by atoms with van der Waals surface area (Å²) in [5.74, 6) is -0.315. The summed E-state index contributed by atoms with van der Waals surface area (Å²) in [4.78, 5) is 12.1. The number of hydrogen-bond donors (Lipinski definition) is 1. The Morgan fingerprint density at radius 2 is 1.83 bits per heavy atom. The molecule has 4 nitrogen and oxygen atoms in total. The van der Waals surface area contributed by atoms with Crippen molar-refractivity contribution in [1.82, 2.24) is 5.32 Å². The molecular formula is C19H21NO3S. The fourth-order valence-electron chi connectivity index (χ4n) is 2.43. The molecule has 0 radical (unpaired) electrons. The summed E-state index contributed by atoms with van der Waals surface area (Å²) in [6, 6.07) is 14.1. The molecule has 0 aliphatic carbocycles. The third-order valence-corrected chi connectivity index (χ3v) is 4.92. The van der Waals surface area contributed by atoms with E-state index in [0.717, 1.165) is 12.0 Å². The first-order valence-corrected chi connectivity index (χ1v) is 9.56. The summed E-state index contributed by atoms with van der Waals surface area (Å²) in [5.41, 5.74) is 2.78. The first-order chi connectivity index (χ1) is 11.3. The molecule has 126 valence electrons. The van der Waals surface area contributed by atoms with Gasteiger partial charge in [-0.05, 0) is 41.3 Å². The standard InChI is InChI=1S/C19H21NO3S/c1-4-14-9-11-15(12-10-14)19(20-18(21)5-2)16-7-6-8-17(13-16)24(3,22)23/h5-13,19H,2,4H2,1,3H3,(H,20,21). The maximum absolute atomic E-state index is 11.8. The van der Waals surface area contributed by atoms with Crippen LogP contribution in [0.25, 0.3) is 0 Å². The van der Waals surface area contributed by atoms with Gasteiger partial charge in [-0.25, -0.2) is 8.42 Å². The first-order valence-electron chi connectivity index (χ1n) is 7.67. The fourth-order valence-corrected chi connectivity index (χ4v) is 3.11. The number of benzene rings is 2. The Labute approximate surface area is 143 Å². The molecule has 0 saturated heterocycles. The lowest BCUT2D eigenvalue weighted by Gasteiger charge is -2.20. The van der Waals surface area contributed by atoms with Gasteiger partial charge in [0.2, 0.25) is 5.91 Å². The molecule has 0 spiro atoms. The molecule has 0 bridgehead atoms. The second-order valence-corrected chi connectivity index (χ2v) is 7.60. The quantitative estimate of drug-likeness (QED) is 0.820. The van der Waals surface area contributed by atoms with Crippen molar-refractivity contribution in [3.8, 4) is 0 Å². The Morgan fingerprint density at radius 1 is 1.17 bits per heavy atom. The highest BCUT2D eigenvalue weighted by molar-refractivity contribution is 7.90. The summed E-state index contributed by atoms with van der Waals surface area (Å²) >= 11 is 0. The van der Waals surface area contributed by atoms with Crippen LogP contribution in [0.5, 0.6) is 0 Å². The van der Waals surface area contributed by atoms with Crippen LogP contribution < -0.4 is 5.32 Å². The third-order valence-electron chi connectivity index (χ3n) is 3.81. The zero-order valence-corrected chi connectivity index (χ0v) is 14.6. The van der Waals surface area contributed by atoms with E-state index in [-0.39, 0.29) is 10.8 Å². The second kappa shape index (κ2) is 7.45. The maximum atomic E-state index is 11.8. The van der Waals surface area contributed by atoms with E-state index in [0.29, 0.717) is 5.56 Å². The Kier molecular flexibility index (Phi) is 5.57. The molecule has 2 rings (SSSR count). The zero-order chi connectivity index (χ0) is 17.7. The smallest absolute Gasteiger partial charge is 0.244 e. The molecule has 0 fully saturated rings. The molecule has 0 aromatic heterocycles. The van der Waals surface area contributed by atoms with E-state index >= 15 is 0 Å². The molecule has 0 aliphatic rings. The van der Waals surface area contributed by atoms with E-state index in [4.69, 9.17) is 0 Å². The minimum absolute atomic E-state index is 0.225.